The minimum absolute atomic E-state index is 0.104. The highest BCUT2D eigenvalue weighted by molar-refractivity contribution is 9.10. The third kappa shape index (κ3) is 4.21. The Balaban J connectivity index is 1.54. The van der Waals surface area contributed by atoms with Crippen molar-refractivity contribution in [3.63, 3.8) is 0 Å². The fraction of sp³-hybridized carbons (Fsp3) is 0.188. The van der Waals surface area contributed by atoms with Crippen LogP contribution in [0.15, 0.2) is 46.4 Å². The highest BCUT2D eigenvalue weighted by atomic mass is 79.9. The van der Waals surface area contributed by atoms with E-state index in [1.165, 1.54) is 0 Å². The molecule has 0 aliphatic rings. The molecular formula is C16H15BrN4O2S. The summed E-state index contributed by atoms with van der Waals surface area (Å²) in [6.45, 7) is 2.22. The van der Waals surface area contributed by atoms with Gasteiger partial charge >= 0.3 is 0 Å². The summed E-state index contributed by atoms with van der Waals surface area (Å²) in [4.78, 5) is 16.2. The van der Waals surface area contributed by atoms with Crippen molar-refractivity contribution in [3.05, 3.63) is 57.1 Å². The lowest BCUT2D eigenvalue weighted by atomic mass is 10.3. The molecule has 124 valence electrons. The molecule has 0 radical (unpaired) electrons. The number of para-hydroxylation sites is 1. The van der Waals surface area contributed by atoms with E-state index in [0.29, 0.717) is 16.9 Å². The number of halogens is 1. The number of benzene rings is 1. The molecular weight excluding hydrogens is 392 g/mol. The molecule has 3 aromatic rings. The van der Waals surface area contributed by atoms with E-state index >= 15 is 0 Å². The van der Waals surface area contributed by atoms with Crippen LogP contribution in [0, 0.1) is 6.92 Å². The number of hydrogen-bond acceptors (Lipinski definition) is 5. The van der Waals surface area contributed by atoms with Gasteiger partial charge in [0.25, 0.3) is 5.91 Å². The minimum atomic E-state index is -0.221. The zero-order chi connectivity index (χ0) is 16.9. The molecule has 1 aromatic carbocycles. The van der Waals surface area contributed by atoms with Gasteiger partial charge in [0.2, 0.25) is 5.88 Å². The second-order valence-corrected chi connectivity index (χ2v) is 6.90. The summed E-state index contributed by atoms with van der Waals surface area (Å²) in [6, 6.07) is 9.67. The number of nitrogens with one attached hydrogen (secondary N) is 1. The molecule has 0 spiro atoms. The Labute approximate surface area is 151 Å². The van der Waals surface area contributed by atoms with Crippen LogP contribution in [0.5, 0.6) is 5.88 Å². The molecule has 1 amide bonds. The molecule has 8 heteroatoms. The predicted octanol–water partition coefficient (Wildman–Crippen LogP) is 3.09. The number of amides is 1. The number of aryl methyl sites for hydroxylation is 1. The van der Waals surface area contributed by atoms with E-state index in [4.69, 9.17) is 4.74 Å². The normalized spacial score (nSPS) is 10.6. The smallest absolute Gasteiger partial charge is 0.258 e. The number of aromatic nitrogens is 3. The van der Waals surface area contributed by atoms with Crippen molar-refractivity contribution in [2.75, 3.05) is 6.61 Å². The van der Waals surface area contributed by atoms with Gasteiger partial charge in [0.05, 0.1) is 27.4 Å². The lowest BCUT2D eigenvalue weighted by Crippen LogP contribution is -2.28. The summed E-state index contributed by atoms with van der Waals surface area (Å²) in [6.07, 6.45) is 1.79. The van der Waals surface area contributed by atoms with Crippen molar-refractivity contribution < 1.29 is 9.53 Å². The molecule has 3 rings (SSSR count). The van der Waals surface area contributed by atoms with Gasteiger partial charge in [0, 0.05) is 11.6 Å². The summed E-state index contributed by atoms with van der Waals surface area (Å²) in [5, 5.41) is 10.0. The lowest BCUT2D eigenvalue weighted by Gasteiger charge is -2.05. The maximum absolute atomic E-state index is 11.9. The SMILES string of the molecule is Cc1nc(CNC(=O)COc2nn(-c3ccccc3)cc2Br)cs1. The molecule has 0 aliphatic carbocycles. The first-order chi connectivity index (χ1) is 11.6. The average Bonchev–Trinajstić information content (AvgIpc) is 3.17. The molecule has 0 saturated carbocycles. The van der Waals surface area contributed by atoms with Crippen LogP contribution in [0.3, 0.4) is 0 Å². The van der Waals surface area contributed by atoms with Gasteiger partial charge in [-0.05, 0) is 35.0 Å². The minimum Gasteiger partial charge on any atom is -0.466 e. The van der Waals surface area contributed by atoms with Crippen molar-refractivity contribution in [1.82, 2.24) is 20.1 Å². The zero-order valence-corrected chi connectivity index (χ0v) is 15.3. The van der Waals surface area contributed by atoms with E-state index in [0.717, 1.165) is 16.4 Å². The van der Waals surface area contributed by atoms with Crippen molar-refractivity contribution in [2.24, 2.45) is 0 Å². The van der Waals surface area contributed by atoms with Gasteiger partial charge in [-0.2, -0.15) is 0 Å². The van der Waals surface area contributed by atoms with Gasteiger partial charge in [-0.25, -0.2) is 9.67 Å². The van der Waals surface area contributed by atoms with Gasteiger partial charge in [-0.3, -0.25) is 4.79 Å². The highest BCUT2D eigenvalue weighted by Gasteiger charge is 2.11. The van der Waals surface area contributed by atoms with Crippen molar-refractivity contribution in [3.8, 4) is 11.6 Å². The number of rotatable bonds is 6. The third-order valence-electron chi connectivity index (χ3n) is 3.13. The van der Waals surface area contributed by atoms with Gasteiger partial charge in [-0.15, -0.1) is 16.4 Å². The quantitative estimate of drug-likeness (QED) is 0.682. The van der Waals surface area contributed by atoms with Crippen LogP contribution in [-0.4, -0.2) is 27.3 Å². The number of hydrogen-bond donors (Lipinski definition) is 1. The molecule has 0 bridgehead atoms. The van der Waals surface area contributed by atoms with E-state index < -0.39 is 0 Å². The van der Waals surface area contributed by atoms with Crippen molar-refractivity contribution in [1.29, 1.82) is 0 Å². The fourth-order valence-electron chi connectivity index (χ4n) is 2.01. The van der Waals surface area contributed by atoms with E-state index in [9.17, 15) is 4.79 Å². The molecule has 0 aliphatic heterocycles. The number of ether oxygens (including phenoxy) is 1. The lowest BCUT2D eigenvalue weighted by molar-refractivity contribution is -0.123. The summed E-state index contributed by atoms with van der Waals surface area (Å²) >= 11 is 4.95. The van der Waals surface area contributed by atoms with Crippen molar-refractivity contribution in [2.45, 2.75) is 13.5 Å². The Morgan fingerprint density at radius 1 is 1.38 bits per heavy atom. The summed E-state index contributed by atoms with van der Waals surface area (Å²) in [7, 11) is 0. The van der Waals surface area contributed by atoms with Crippen LogP contribution >= 0.6 is 27.3 Å². The van der Waals surface area contributed by atoms with Crippen molar-refractivity contribution >= 4 is 33.2 Å². The van der Waals surface area contributed by atoms with E-state index in [1.807, 2.05) is 42.6 Å². The average molecular weight is 407 g/mol. The third-order valence-corrected chi connectivity index (χ3v) is 4.50. The second kappa shape index (κ2) is 7.59. The monoisotopic (exact) mass is 406 g/mol. The Morgan fingerprint density at radius 2 is 2.17 bits per heavy atom. The molecule has 0 unspecified atom stereocenters. The van der Waals surface area contributed by atoms with Crippen LogP contribution < -0.4 is 10.1 Å². The van der Waals surface area contributed by atoms with E-state index in [-0.39, 0.29) is 12.5 Å². The summed E-state index contributed by atoms with van der Waals surface area (Å²) < 4.78 is 7.86. The number of carbonyl (C=O) groups excluding carboxylic acids is 1. The Morgan fingerprint density at radius 3 is 2.88 bits per heavy atom. The molecule has 1 N–H and O–H groups in total. The molecule has 6 nitrogen and oxygen atoms in total. The highest BCUT2D eigenvalue weighted by Crippen LogP contribution is 2.24. The van der Waals surface area contributed by atoms with E-state index in [2.05, 4.69) is 31.3 Å². The number of carbonyl (C=O) groups is 1. The van der Waals surface area contributed by atoms with Crippen LogP contribution in [-0.2, 0) is 11.3 Å². The largest absolute Gasteiger partial charge is 0.466 e. The molecule has 0 atom stereocenters. The maximum Gasteiger partial charge on any atom is 0.258 e. The molecule has 2 heterocycles. The Kier molecular flexibility index (Phi) is 5.27. The first kappa shape index (κ1) is 16.7. The molecule has 2 aromatic heterocycles. The predicted molar refractivity (Wildman–Crippen MR) is 95.5 cm³/mol. The van der Waals surface area contributed by atoms with Gasteiger partial charge < -0.3 is 10.1 Å². The number of nitrogens with zero attached hydrogens (tertiary/aromatic N) is 3. The Hall–Kier alpha value is -2.19. The second-order valence-electron chi connectivity index (χ2n) is 4.99. The van der Waals surface area contributed by atoms with Gasteiger partial charge in [-0.1, -0.05) is 18.2 Å². The fourth-order valence-corrected chi connectivity index (χ4v) is 3.01. The standard InChI is InChI=1S/C16H15BrN4O2S/c1-11-19-12(10-24-11)7-18-15(22)9-23-16-14(17)8-21(20-16)13-5-3-2-4-6-13/h2-6,8,10H,7,9H2,1H3,(H,18,22). The zero-order valence-electron chi connectivity index (χ0n) is 12.9. The van der Waals surface area contributed by atoms with Crippen LogP contribution in [0.2, 0.25) is 0 Å². The molecule has 0 saturated heterocycles. The van der Waals surface area contributed by atoms with Gasteiger partial charge in [0.15, 0.2) is 6.61 Å². The first-order valence-electron chi connectivity index (χ1n) is 7.23. The molecule has 0 fully saturated rings. The first-order valence-corrected chi connectivity index (χ1v) is 8.90. The summed E-state index contributed by atoms with van der Waals surface area (Å²) in [5.41, 5.74) is 1.76. The number of thiazole rings is 1. The summed E-state index contributed by atoms with van der Waals surface area (Å²) in [5.74, 6) is 0.153. The maximum atomic E-state index is 11.9. The molecule has 24 heavy (non-hydrogen) atoms. The van der Waals surface area contributed by atoms with Gasteiger partial charge in [0.1, 0.15) is 0 Å². The van der Waals surface area contributed by atoms with Crippen LogP contribution in [0.1, 0.15) is 10.7 Å². The topological polar surface area (TPSA) is 69.0 Å². The van der Waals surface area contributed by atoms with Crippen LogP contribution in [0.25, 0.3) is 5.69 Å². The van der Waals surface area contributed by atoms with E-state index in [1.54, 1.807) is 22.2 Å². The van der Waals surface area contributed by atoms with Crippen LogP contribution in [0.4, 0.5) is 0 Å². The Bertz CT molecular complexity index is 832.